The van der Waals surface area contributed by atoms with E-state index in [9.17, 15) is 10.2 Å². The average Bonchev–Trinajstić information content (AvgIpc) is 2.43. The molecule has 21 heavy (non-hydrogen) atoms. The van der Waals surface area contributed by atoms with Gasteiger partial charge in [0.2, 0.25) is 0 Å². The number of allylic oxidation sites excluding steroid dienone is 1. The van der Waals surface area contributed by atoms with Crippen LogP contribution in [0.5, 0.6) is 0 Å². The Labute approximate surface area is 124 Å². The molecule has 1 aliphatic heterocycles. The van der Waals surface area contributed by atoms with Crippen LogP contribution in [0.15, 0.2) is 61.2 Å². The molecule has 0 atom stereocenters. The predicted molar refractivity (Wildman–Crippen MR) is 81.7 cm³/mol. The van der Waals surface area contributed by atoms with Crippen LogP contribution in [0.3, 0.4) is 0 Å². The Balaban J connectivity index is 2.30. The van der Waals surface area contributed by atoms with Crippen LogP contribution in [-0.4, -0.2) is 29.3 Å². The standard InChI is InChI=1S/C15H18BNO4/c1-3-4-7-12-8-5-6-9-13(12)16-20-14(18)10-17(2)11-15(19)21-16/h3,5-6,8-11,18-19H,1,4,7H2,2H3/b14-10-,15-11?. The second kappa shape index (κ2) is 6.79. The summed E-state index contributed by atoms with van der Waals surface area (Å²) in [5.74, 6) is -0.574. The molecule has 1 aromatic rings. The van der Waals surface area contributed by atoms with Crippen molar-refractivity contribution in [2.24, 2.45) is 0 Å². The van der Waals surface area contributed by atoms with Crippen molar-refractivity contribution in [1.82, 2.24) is 4.90 Å². The largest absolute Gasteiger partial charge is 0.637 e. The highest BCUT2D eigenvalue weighted by atomic mass is 16.7. The molecule has 0 aromatic heterocycles. The van der Waals surface area contributed by atoms with E-state index >= 15 is 0 Å². The topological polar surface area (TPSA) is 62.2 Å². The van der Waals surface area contributed by atoms with Crippen molar-refractivity contribution in [2.75, 3.05) is 7.05 Å². The van der Waals surface area contributed by atoms with E-state index in [0.29, 0.717) is 0 Å². The van der Waals surface area contributed by atoms with Gasteiger partial charge in [-0.3, -0.25) is 0 Å². The fourth-order valence-corrected chi connectivity index (χ4v) is 2.07. The number of hydrogen-bond donors (Lipinski definition) is 2. The number of aliphatic hydroxyl groups excluding tert-OH is 2. The van der Waals surface area contributed by atoms with Crippen LogP contribution in [0, 0.1) is 0 Å². The fraction of sp³-hybridized carbons (Fsp3) is 0.200. The second-order valence-corrected chi connectivity index (χ2v) is 4.69. The van der Waals surface area contributed by atoms with E-state index in [0.717, 1.165) is 23.9 Å². The molecule has 5 nitrogen and oxygen atoms in total. The summed E-state index contributed by atoms with van der Waals surface area (Å²) in [6.45, 7) is 3.71. The van der Waals surface area contributed by atoms with Crippen molar-refractivity contribution in [3.8, 4) is 0 Å². The van der Waals surface area contributed by atoms with Gasteiger partial charge in [0.15, 0.2) is 0 Å². The van der Waals surface area contributed by atoms with Gasteiger partial charge >= 0.3 is 7.12 Å². The van der Waals surface area contributed by atoms with E-state index in [-0.39, 0.29) is 11.9 Å². The fourth-order valence-electron chi connectivity index (χ4n) is 2.07. The molecule has 0 bridgehead atoms. The van der Waals surface area contributed by atoms with E-state index < -0.39 is 7.12 Å². The molecule has 0 spiro atoms. The zero-order chi connectivity index (χ0) is 15.2. The molecular formula is C15H18BNO4. The van der Waals surface area contributed by atoms with E-state index in [2.05, 4.69) is 6.58 Å². The van der Waals surface area contributed by atoms with Gasteiger partial charge in [-0.15, -0.1) is 6.58 Å². The minimum atomic E-state index is -0.910. The Morgan fingerprint density at radius 3 is 2.43 bits per heavy atom. The quantitative estimate of drug-likeness (QED) is 0.656. The van der Waals surface area contributed by atoms with Crippen molar-refractivity contribution >= 4 is 12.6 Å². The van der Waals surface area contributed by atoms with E-state index in [4.69, 9.17) is 9.31 Å². The Hall–Kier alpha value is -2.50. The van der Waals surface area contributed by atoms with Crippen molar-refractivity contribution in [2.45, 2.75) is 12.8 Å². The lowest BCUT2D eigenvalue weighted by Crippen LogP contribution is -2.40. The maximum Gasteiger partial charge on any atom is 0.637 e. The molecule has 1 aromatic carbocycles. The van der Waals surface area contributed by atoms with Gasteiger partial charge in [0.25, 0.3) is 11.9 Å². The van der Waals surface area contributed by atoms with Crippen molar-refractivity contribution < 1.29 is 19.5 Å². The van der Waals surface area contributed by atoms with E-state index in [1.165, 1.54) is 17.3 Å². The number of aliphatic hydroxyl groups is 2. The number of rotatable bonds is 4. The van der Waals surface area contributed by atoms with Crippen LogP contribution >= 0.6 is 0 Å². The molecular weight excluding hydrogens is 269 g/mol. The molecule has 0 unspecified atom stereocenters. The third-order valence-electron chi connectivity index (χ3n) is 3.01. The number of benzene rings is 1. The first-order chi connectivity index (χ1) is 10.1. The highest BCUT2D eigenvalue weighted by Gasteiger charge is 2.31. The molecule has 2 rings (SSSR count). The van der Waals surface area contributed by atoms with Crippen LogP contribution in [-0.2, 0) is 15.7 Å². The highest BCUT2D eigenvalue weighted by Crippen LogP contribution is 2.12. The molecule has 0 radical (unpaired) electrons. The lowest BCUT2D eigenvalue weighted by molar-refractivity contribution is 0.124. The Bertz CT molecular complexity index is 549. The average molecular weight is 287 g/mol. The van der Waals surface area contributed by atoms with Gasteiger partial charge in [0.1, 0.15) is 0 Å². The molecule has 0 saturated heterocycles. The summed E-state index contributed by atoms with van der Waals surface area (Å²) in [6, 6.07) is 7.57. The Kier molecular flexibility index (Phi) is 4.82. The van der Waals surface area contributed by atoms with Crippen LogP contribution in [0.1, 0.15) is 12.0 Å². The third kappa shape index (κ3) is 3.98. The summed E-state index contributed by atoms with van der Waals surface area (Å²) in [6.07, 6.45) is 6.12. The van der Waals surface area contributed by atoms with Crippen LogP contribution in [0.25, 0.3) is 0 Å². The lowest BCUT2D eigenvalue weighted by atomic mass is 9.74. The smallest absolute Gasteiger partial charge is 0.494 e. The molecule has 6 heteroatoms. The van der Waals surface area contributed by atoms with Crippen molar-refractivity contribution in [3.05, 3.63) is 66.8 Å². The monoisotopic (exact) mass is 287 g/mol. The predicted octanol–water partition coefficient (Wildman–Crippen LogP) is 2.19. The SMILES string of the molecule is C=CCCc1ccccc1B1OC(O)=CN(C)/C=C(/O)O1. The first kappa shape index (κ1) is 14.9. The van der Waals surface area contributed by atoms with Crippen LogP contribution in [0.4, 0.5) is 0 Å². The zero-order valence-electron chi connectivity index (χ0n) is 11.9. The number of aryl methyl sites for hydroxylation is 1. The first-order valence-corrected chi connectivity index (χ1v) is 6.65. The van der Waals surface area contributed by atoms with Gasteiger partial charge in [-0.05, 0) is 18.4 Å². The third-order valence-corrected chi connectivity index (χ3v) is 3.01. The number of hydrogen-bond acceptors (Lipinski definition) is 5. The van der Waals surface area contributed by atoms with Crippen LogP contribution < -0.4 is 5.46 Å². The normalized spacial score (nSPS) is 17.6. The Morgan fingerprint density at radius 2 is 1.81 bits per heavy atom. The van der Waals surface area contributed by atoms with E-state index in [1.54, 1.807) is 7.05 Å². The van der Waals surface area contributed by atoms with Crippen molar-refractivity contribution in [3.63, 3.8) is 0 Å². The summed E-state index contributed by atoms with van der Waals surface area (Å²) in [7, 11) is 0.726. The highest BCUT2D eigenvalue weighted by molar-refractivity contribution is 6.62. The molecule has 0 saturated carbocycles. The van der Waals surface area contributed by atoms with Crippen molar-refractivity contribution in [1.29, 1.82) is 0 Å². The summed E-state index contributed by atoms with van der Waals surface area (Å²) in [4.78, 5) is 1.44. The Morgan fingerprint density at radius 1 is 1.19 bits per heavy atom. The maximum absolute atomic E-state index is 9.76. The minimum absolute atomic E-state index is 0.287. The van der Waals surface area contributed by atoms with Gasteiger partial charge in [0, 0.05) is 12.5 Å². The second-order valence-electron chi connectivity index (χ2n) is 4.69. The summed E-state index contributed by atoms with van der Waals surface area (Å²) in [5, 5.41) is 19.5. The minimum Gasteiger partial charge on any atom is -0.494 e. The molecule has 1 heterocycles. The lowest BCUT2D eigenvalue weighted by Gasteiger charge is -2.21. The summed E-state index contributed by atoms with van der Waals surface area (Å²) in [5.41, 5.74) is 1.76. The molecule has 1 aliphatic rings. The van der Waals surface area contributed by atoms with Crippen LogP contribution in [0.2, 0.25) is 0 Å². The van der Waals surface area contributed by atoms with Gasteiger partial charge < -0.3 is 24.4 Å². The maximum atomic E-state index is 9.76. The summed E-state index contributed by atoms with van der Waals surface area (Å²) >= 11 is 0. The molecule has 0 aliphatic carbocycles. The molecule has 0 amide bonds. The van der Waals surface area contributed by atoms with E-state index in [1.807, 2.05) is 30.3 Å². The first-order valence-electron chi connectivity index (χ1n) is 6.65. The van der Waals surface area contributed by atoms with Gasteiger partial charge in [-0.2, -0.15) is 0 Å². The van der Waals surface area contributed by atoms with Gasteiger partial charge in [-0.1, -0.05) is 30.3 Å². The summed E-state index contributed by atoms with van der Waals surface area (Å²) < 4.78 is 10.7. The van der Waals surface area contributed by atoms with Gasteiger partial charge in [0.05, 0.1) is 12.4 Å². The molecule has 0 fully saturated rings. The molecule has 110 valence electrons. The number of nitrogens with zero attached hydrogens (tertiary/aromatic N) is 1. The van der Waals surface area contributed by atoms with Gasteiger partial charge in [-0.25, -0.2) is 0 Å². The zero-order valence-corrected chi connectivity index (χ0v) is 11.9. The molecule has 2 N–H and O–H groups in total.